The summed E-state index contributed by atoms with van der Waals surface area (Å²) >= 11 is 0. The Bertz CT molecular complexity index is 693. The zero-order valence-electron chi connectivity index (χ0n) is 17.7. The molecule has 28 heavy (non-hydrogen) atoms. The Morgan fingerprint density at radius 2 is 1.36 bits per heavy atom. The second-order valence-electron chi connectivity index (χ2n) is 9.70. The first-order valence-electron chi connectivity index (χ1n) is 12.0. The maximum absolute atomic E-state index is 5.86. The van der Waals surface area contributed by atoms with Gasteiger partial charge in [0.15, 0.2) is 0 Å². The number of hydrogen-bond acceptors (Lipinski definition) is 1. The maximum Gasteiger partial charge on any atom is 0.126 e. The van der Waals surface area contributed by atoms with Gasteiger partial charge in [-0.2, -0.15) is 0 Å². The molecule has 0 aromatic heterocycles. The number of para-hydroxylation sites is 1. The van der Waals surface area contributed by atoms with Crippen LogP contribution in [0, 0.1) is 11.8 Å². The van der Waals surface area contributed by atoms with E-state index in [2.05, 4.69) is 24.3 Å². The maximum atomic E-state index is 5.86. The van der Waals surface area contributed by atoms with Crippen molar-refractivity contribution in [1.82, 2.24) is 0 Å². The number of methoxy groups -OCH3 is 1. The van der Waals surface area contributed by atoms with Gasteiger partial charge in [-0.05, 0) is 85.1 Å². The number of fused-ring (bicyclic) bond motifs is 2. The van der Waals surface area contributed by atoms with E-state index in [0.29, 0.717) is 0 Å². The van der Waals surface area contributed by atoms with E-state index in [-0.39, 0.29) is 7.92 Å². The van der Waals surface area contributed by atoms with Crippen molar-refractivity contribution in [3.8, 4) is 5.75 Å². The molecule has 0 radical (unpaired) electrons. The van der Waals surface area contributed by atoms with Crippen molar-refractivity contribution in [3.63, 3.8) is 0 Å². The average molecular weight is 397 g/mol. The molecule has 4 aliphatic carbocycles. The van der Waals surface area contributed by atoms with Crippen molar-refractivity contribution in [1.29, 1.82) is 0 Å². The van der Waals surface area contributed by atoms with Crippen molar-refractivity contribution >= 4 is 13.5 Å². The number of allylic oxidation sites excluding steroid dienone is 2. The zero-order chi connectivity index (χ0) is 18.9. The largest absolute Gasteiger partial charge is 0.496 e. The Balaban J connectivity index is 1.60. The van der Waals surface area contributed by atoms with Gasteiger partial charge in [-0.15, -0.1) is 0 Å². The predicted octanol–water partition coefficient (Wildman–Crippen LogP) is 7.98. The molecule has 0 amide bonds. The normalized spacial score (nSPS) is 29.1. The number of rotatable bonds is 5. The van der Waals surface area contributed by atoms with Gasteiger partial charge >= 0.3 is 0 Å². The van der Waals surface area contributed by atoms with Crippen LogP contribution < -0.4 is 4.74 Å². The predicted molar refractivity (Wildman–Crippen MR) is 121 cm³/mol. The highest BCUT2D eigenvalue weighted by atomic mass is 31.1. The second kappa shape index (κ2) is 8.51. The molecule has 2 unspecified atom stereocenters. The van der Waals surface area contributed by atoms with Gasteiger partial charge in [-0.1, -0.05) is 64.6 Å². The summed E-state index contributed by atoms with van der Waals surface area (Å²) in [4.78, 5) is 0. The number of hydrogen-bond donors (Lipinski definition) is 0. The fourth-order valence-corrected chi connectivity index (χ4v) is 11.4. The summed E-state index contributed by atoms with van der Waals surface area (Å²) in [7, 11) is 1.89. The third-order valence-corrected chi connectivity index (χ3v) is 11.9. The van der Waals surface area contributed by atoms with E-state index >= 15 is 0 Å². The van der Waals surface area contributed by atoms with Crippen LogP contribution >= 0.6 is 7.92 Å². The van der Waals surface area contributed by atoms with Gasteiger partial charge in [0, 0.05) is 5.56 Å². The topological polar surface area (TPSA) is 9.23 Å². The minimum Gasteiger partial charge on any atom is -0.496 e. The van der Waals surface area contributed by atoms with Crippen LogP contribution in [0.4, 0.5) is 0 Å². The van der Waals surface area contributed by atoms with Crippen LogP contribution in [-0.4, -0.2) is 18.4 Å². The van der Waals surface area contributed by atoms with Crippen LogP contribution in [-0.2, 0) is 0 Å². The minimum atomic E-state index is 0.0309. The first-order chi connectivity index (χ1) is 13.9. The molecule has 2 atom stereocenters. The van der Waals surface area contributed by atoms with Crippen molar-refractivity contribution in [2.75, 3.05) is 7.11 Å². The molecule has 152 valence electrons. The quantitative estimate of drug-likeness (QED) is 0.458. The van der Waals surface area contributed by atoms with Crippen LogP contribution in [0.3, 0.4) is 0 Å². The molecule has 3 saturated carbocycles. The highest BCUT2D eigenvalue weighted by molar-refractivity contribution is 7.63. The molecule has 0 spiro atoms. The van der Waals surface area contributed by atoms with E-state index in [4.69, 9.17) is 4.74 Å². The molecule has 1 aromatic rings. The molecule has 3 fully saturated rings. The van der Waals surface area contributed by atoms with Crippen molar-refractivity contribution < 1.29 is 4.74 Å². The van der Waals surface area contributed by atoms with Gasteiger partial charge in [-0.25, -0.2) is 0 Å². The standard InChI is InChI=1S/C26H37OP/c1-27-24-15-9-8-14-23(24)25-19-16-17-20(18-19)26(25)28(21-10-4-2-5-11-21)22-12-6-3-7-13-22/h8-9,14-15,19-22H,2-7,10-13,16-18H2,1H3. The van der Waals surface area contributed by atoms with E-state index < -0.39 is 0 Å². The first kappa shape index (κ1) is 19.2. The Morgan fingerprint density at radius 3 is 2.00 bits per heavy atom. The summed E-state index contributed by atoms with van der Waals surface area (Å²) < 4.78 is 5.86. The van der Waals surface area contributed by atoms with Crippen LogP contribution in [0.15, 0.2) is 29.6 Å². The lowest BCUT2D eigenvalue weighted by Gasteiger charge is -2.42. The summed E-state index contributed by atoms with van der Waals surface area (Å²) in [6.45, 7) is 0. The molecule has 4 aliphatic rings. The smallest absolute Gasteiger partial charge is 0.126 e. The lowest BCUT2D eigenvalue weighted by molar-refractivity contribution is 0.413. The van der Waals surface area contributed by atoms with Gasteiger partial charge in [0.05, 0.1) is 7.11 Å². The fourth-order valence-electron chi connectivity index (χ4n) is 6.91. The highest BCUT2D eigenvalue weighted by Gasteiger charge is 2.46. The zero-order valence-corrected chi connectivity index (χ0v) is 18.6. The minimum absolute atomic E-state index is 0.0309. The first-order valence-corrected chi connectivity index (χ1v) is 13.5. The summed E-state index contributed by atoms with van der Waals surface area (Å²) in [6.07, 6.45) is 19.3. The third-order valence-electron chi connectivity index (χ3n) is 8.12. The second-order valence-corrected chi connectivity index (χ2v) is 12.5. The van der Waals surface area contributed by atoms with Gasteiger partial charge in [-0.3, -0.25) is 0 Å². The third kappa shape index (κ3) is 3.47. The molecular weight excluding hydrogens is 359 g/mol. The Kier molecular flexibility index (Phi) is 5.83. The molecule has 1 nitrogen and oxygen atoms in total. The van der Waals surface area contributed by atoms with E-state index in [0.717, 1.165) is 28.9 Å². The van der Waals surface area contributed by atoms with Crippen LogP contribution in [0.2, 0.25) is 0 Å². The molecule has 2 heteroatoms. The molecule has 0 N–H and O–H groups in total. The van der Waals surface area contributed by atoms with E-state index in [9.17, 15) is 0 Å². The Labute approximate surface area is 173 Å². The molecule has 1 aromatic carbocycles. The molecule has 0 saturated heterocycles. The lowest BCUT2D eigenvalue weighted by atomic mass is 9.91. The average Bonchev–Trinajstić information content (AvgIpc) is 3.38. The van der Waals surface area contributed by atoms with E-state index in [1.165, 1.54) is 89.0 Å². The molecule has 5 rings (SSSR count). The SMILES string of the molecule is COc1ccccc1C1=C(P(C2CCCCC2)C2CCCCC2)C2CCC1C2. The van der Waals surface area contributed by atoms with Gasteiger partial charge in [0.2, 0.25) is 0 Å². The summed E-state index contributed by atoms with van der Waals surface area (Å²) in [5, 5.41) is 1.99. The number of ether oxygens (including phenoxy) is 1. The summed E-state index contributed by atoms with van der Waals surface area (Å²) in [5.74, 6) is 2.83. The van der Waals surface area contributed by atoms with Gasteiger partial charge in [0.25, 0.3) is 0 Å². The van der Waals surface area contributed by atoms with Crippen molar-refractivity contribution in [2.24, 2.45) is 11.8 Å². The van der Waals surface area contributed by atoms with Crippen LogP contribution in [0.25, 0.3) is 5.57 Å². The molecule has 0 aliphatic heterocycles. The fraction of sp³-hybridized carbons (Fsp3) is 0.692. The lowest BCUT2D eigenvalue weighted by Crippen LogP contribution is -2.23. The highest BCUT2D eigenvalue weighted by Crippen LogP contribution is 2.71. The van der Waals surface area contributed by atoms with Gasteiger partial charge < -0.3 is 4.74 Å². The Hall–Kier alpha value is -0.810. The molecule has 0 heterocycles. The van der Waals surface area contributed by atoms with E-state index in [1.807, 2.05) is 12.4 Å². The monoisotopic (exact) mass is 396 g/mol. The summed E-state index contributed by atoms with van der Waals surface area (Å²) in [5.41, 5.74) is 5.26. The van der Waals surface area contributed by atoms with Gasteiger partial charge in [0.1, 0.15) is 5.75 Å². The van der Waals surface area contributed by atoms with E-state index in [1.54, 1.807) is 5.57 Å². The summed E-state index contributed by atoms with van der Waals surface area (Å²) in [6, 6.07) is 8.93. The van der Waals surface area contributed by atoms with Crippen LogP contribution in [0.5, 0.6) is 5.75 Å². The van der Waals surface area contributed by atoms with Crippen molar-refractivity contribution in [2.45, 2.75) is 94.8 Å². The molecular formula is C26H37OP. The van der Waals surface area contributed by atoms with Crippen LogP contribution in [0.1, 0.15) is 89.0 Å². The van der Waals surface area contributed by atoms with Crippen molar-refractivity contribution in [3.05, 3.63) is 35.1 Å². The Morgan fingerprint density at radius 1 is 0.750 bits per heavy atom. The molecule has 2 bridgehead atoms. The number of benzene rings is 1.